The number of aliphatic hydroxyl groups excluding tert-OH is 1. The number of fused-ring (bicyclic) bond motifs is 1. The summed E-state index contributed by atoms with van der Waals surface area (Å²) < 4.78 is 6.73. The van der Waals surface area contributed by atoms with Crippen molar-refractivity contribution in [3.63, 3.8) is 0 Å². The lowest BCUT2D eigenvalue weighted by Crippen LogP contribution is -2.57. The molecule has 3 aliphatic heterocycles. The van der Waals surface area contributed by atoms with Crippen LogP contribution in [-0.2, 0) is 19.1 Å². The highest BCUT2D eigenvalue weighted by Gasteiger charge is 2.77. The number of likely N-dealkylation sites (tertiary alicyclic amines) is 1. The van der Waals surface area contributed by atoms with E-state index in [0.29, 0.717) is 24.2 Å². The third kappa shape index (κ3) is 5.72. The number of alkyl halides is 1. The average Bonchev–Trinajstić information content (AvgIpc) is 3.65. The van der Waals surface area contributed by atoms with Gasteiger partial charge >= 0.3 is 0 Å². The predicted octanol–water partition coefficient (Wildman–Crippen LogP) is 4.40. The fourth-order valence-corrected chi connectivity index (χ4v) is 8.39. The van der Waals surface area contributed by atoms with Crippen LogP contribution >= 0.6 is 15.9 Å². The van der Waals surface area contributed by atoms with Crippen molar-refractivity contribution in [3.8, 4) is 0 Å². The Morgan fingerprint density at radius 2 is 1.56 bits per heavy atom. The molecule has 2 aromatic carbocycles. The van der Waals surface area contributed by atoms with Crippen LogP contribution in [0.1, 0.15) is 26.7 Å². The Hall–Kier alpha value is -3.47. The van der Waals surface area contributed by atoms with E-state index in [4.69, 9.17) is 4.74 Å². The Labute approximate surface area is 274 Å². The van der Waals surface area contributed by atoms with Gasteiger partial charge in [-0.3, -0.25) is 14.4 Å². The molecule has 1 spiro atoms. The zero-order valence-electron chi connectivity index (χ0n) is 26.1. The number of ether oxygens (including phenoxy) is 1. The minimum atomic E-state index is -1.21. The maximum Gasteiger partial charge on any atom is 0.253 e. The minimum Gasteiger partial charge on any atom is -0.396 e. The highest BCUT2D eigenvalue weighted by Crippen LogP contribution is 2.60. The van der Waals surface area contributed by atoms with Crippen LogP contribution in [0.4, 0.5) is 17.1 Å². The molecule has 2 bridgehead atoms. The molecule has 6 atom stereocenters. The quantitative estimate of drug-likeness (QED) is 0.235. The first kappa shape index (κ1) is 32.9. The number of carbonyl (C=O) groups excluding carboxylic acids is 3. The number of carbonyl (C=O) groups is 3. The van der Waals surface area contributed by atoms with Crippen LogP contribution in [0, 0.1) is 11.8 Å². The maximum atomic E-state index is 14.8. The molecule has 9 nitrogen and oxygen atoms in total. The van der Waals surface area contributed by atoms with Crippen LogP contribution in [0.2, 0.25) is 0 Å². The van der Waals surface area contributed by atoms with E-state index in [9.17, 15) is 19.5 Å². The van der Waals surface area contributed by atoms with Crippen molar-refractivity contribution in [2.45, 2.75) is 49.3 Å². The topological polar surface area (TPSA) is 93.6 Å². The normalized spacial score (nSPS) is 26.4. The number of para-hydroxylation sites is 1. The third-order valence-electron chi connectivity index (χ3n) is 9.38. The molecule has 3 aliphatic rings. The number of aliphatic hydroxyl groups is 1. The maximum absolute atomic E-state index is 14.8. The fraction of sp³-hybridized carbons (Fsp3) is 0.457. The van der Waals surface area contributed by atoms with Gasteiger partial charge in [0.05, 0.1) is 17.9 Å². The van der Waals surface area contributed by atoms with Gasteiger partial charge in [0, 0.05) is 61.2 Å². The van der Waals surface area contributed by atoms with Gasteiger partial charge in [0.1, 0.15) is 11.6 Å². The summed E-state index contributed by atoms with van der Waals surface area (Å²) in [6.45, 7) is 14.2. The van der Waals surface area contributed by atoms with Crippen molar-refractivity contribution in [1.82, 2.24) is 4.90 Å². The van der Waals surface area contributed by atoms with Crippen molar-refractivity contribution >= 4 is 50.7 Å². The lowest BCUT2D eigenvalue weighted by molar-refractivity contribution is -0.140. The first-order valence-electron chi connectivity index (χ1n) is 15.8. The molecule has 0 saturated carbocycles. The van der Waals surface area contributed by atoms with Gasteiger partial charge in [-0.2, -0.15) is 0 Å². The van der Waals surface area contributed by atoms with Gasteiger partial charge in [-0.25, -0.2) is 0 Å². The van der Waals surface area contributed by atoms with Gasteiger partial charge in [0.2, 0.25) is 11.8 Å². The van der Waals surface area contributed by atoms with Gasteiger partial charge in [0.15, 0.2) is 0 Å². The highest BCUT2D eigenvalue weighted by atomic mass is 79.9. The molecule has 0 radical (unpaired) electrons. The molecule has 3 unspecified atom stereocenters. The Bertz CT molecular complexity index is 1400. The van der Waals surface area contributed by atoms with E-state index in [1.165, 1.54) is 0 Å². The molecular weight excluding hydrogens is 636 g/mol. The van der Waals surface area contributed by atoms with E-state index in [2.05, 4.69) is 47.8 Å². The summed E-state index contributed by atoms with van der Waals surface area (Å²) in [4.78, 5) is 50.4. The summed E-state index contributed by atoms with van der Waals surface area (Å²) in [5.74, 6) is -2.46. The van der Waals surface area contributed by atoms with E-state index in [1.807, 2.05) is 54.6 Å². The average molecular weight is 680 g/mol. The van der Waals surface area contributed by atoms with Crippen LogP contribution in [0.25, 0.3) is 0 Å². The van der Waals surface area contributed by atoms with E-state index < -0.39 is 29.6 Å². The van der Waals surface area contributed by atoms with Gasteiger partial charge in [0.25, 0.3) is 5.91 Å². The molecule has 45 heavy (non-hydrogen) atoms. The monoisotopic (exact) mass is 678 g/mol. The second kappa shape index (κ2) is 13.9. The van der Waals surface area contributed by atoms with Gasteiger partial charge in [-0.05, 0) is 63.1 Å². The second-order valence-corrected chi connectivity index (χ2v) is 12.9. The molecule has 10 heteroatoms. The number of hydrogen-bond acceptors (Lipinski definition) is 6. The molecule has 3 amide bonds. The number of nitrogens with zero attached hydrogens (tertiary/aromatic N) is 4. The van der Waals surface area contributed by atoms with Gasteiger partial charge in [-0.1, -0.05) is 46.3 Å². The van der Waals surface area contributed by atoms with Crippen molar-refractivity contribution in [3.05, 3.63) is 79.9 Å². The van der Waals surface area contributed by atoms with E-state index in [1.54, 1.807) is 26.9 Å². The van der Waals surface area contributed by atoms with E-state index in [-0.39, 0.29) is 48.8 Å². The number of benzene rings is 2. The summed E-state index contributed by atoms with van der Waals surface area (Å²) in [7, 11) is 0. The molecule has 3 heterocycles. The Kier molecular flexibility index (Phi) is 10.2. The lowest BCUT2D eigenvalue weighted by atomic mass is 9.70. The van der Waals surface area contributed by atoms with Crippen LogP contribution in [-0.4, -0.2) is 89.6 Å². The summed E-state index contributed by atoms with van der Waals surface area (Å²) in [5.41, 5.74) is 1.23. The Morgan fingerprint density at radius 1 is 0.978 bits per heavy atom. The second-order valence-electron chi connectivity index (χ2n) is 11.8. The molecular formula is C35H43BrN4O5. The van der Waals surface area contributed by atoms with Crippen molar-refractivity contribution < 1.29 is 24.2 Å². The van der Waals surface area contributed by atoms with E-state index >= 15 is 0 Å². The summed E-state index contributed by atoms with van der Waals surface area (Å²) in [6.07, 6.45) is 3.44. The zero-order valence-corrected chi connectivity index (χ0v) is 27.6. The molecule has 1 N–H and O–H groups in total. The van der Waals surface area contributed by atoms with Crippen LogP contribution < -0.4 is 14.7 Å². The van der Waals surface area contributed by atoms with Crippen molar-refractivity contribution in [2.24, 2.45) is 11.8 Å². The van der Waals surface area contributed by atoms with Crippen LogP contribution in [0.5, 0.6) is 0 Å². The lowest BCUT2D eigenvalue weighted by Gasteiger charge is -2.37. The minimum absolute atomic E-state index is 0.139. The number of amides is 3. The smallest absolute Gasteiger partial charge is 0.253 e. The molecule has 0 aromatic heterocycles. The third-order valence-corrected chi connectivity index (χ3v) is 10.2. The molecule has 2 aromatic rings. The van der Waals surface area contributed by atoms with Crippen molar-refractivity contribution in [1.29, 1.82) is 0 Å². The first-order chi connectivity index (χ1) is 21.8. The Balaban J connectivity index is 1.55. The largest absolute Gasteiger partial charge is 0.396 e. The van der Waals surface area contributed by atoms with Crippen LogP contribution in [0.15, 0.2) is 79.9 Å². The van der Waals surface area contributed by atoms with E-state index in [0.717, 1.165) is 18.8 Å². The van der Waals surface area contributed by atoms with Gasteiger partial charge < -0.3 is 29.4 Å². The SMILES string of the molecule is C=CCN(C(=O)C1N(CCCO)C(=O)[C@@H]2[C@H](C(=O)N(CC=C)c3ccccc3)[C@H]3OC12CC3Br)c1ccc(N(CC)CC)cc1. The Morgan fingerprint density at radius 3 is 2.13 bits per heavy atom. The number of halogens is 1. The fourth-order valence-electron chi connectivity index (χ4n) is 7.44. The van der Waals surface area contributed by atoms with Gasteiger partial charge in [-0.15, -0.1) is 13.2 Å². The molecule has 5 rings (SSSR count). The molecule has 240 valence electrons. The summed E-state index contributed by atoms with van der Waals surface area (Å²) >= 11 is 3.77. The first-order valence-corrected chi connectivity index (χ1v) is 16.7. The summed E-state index contributed by atoms with van der Waals surface area (Å²) in [6, 6.07) is 16.2. The predicted molar refractivity (Wildman–Crippen MR) is 181 cm³/mol. The van der Waals surface area contributed by atoms with Crippen LogP contribution in [0.3, 0.4) is 0 Å². The summed E-state index contributed by atoms with van der Waals surface area (Å²) in [5, 5.41) is 9.73. The molecule has 3 saturated heterocycles. The zero-order chi connectivity index (χ0) is 32.3. The number of rotatable bonds is 14. The van der Waals surface area contributed by atoms with Crippen molar-refractivity contribution in [2.75, 3.05) is 54.0 Å². The number of anilines is 3. The molecule has 3 fully saturated rings. The highest BCUT2D eigenvalue weighted by molar-refractivity contribution is 9.09. The molecule has 0 aliphatic carbocycles. The standard InChI is InChI=1S/C35H43BrN4O5/c1-5-19-38(25-13-10-9-11-14-25)32(42)28-29-33(43)40(21-12-22-41)31(35(29)23-27(36)30(28)45-35)34(44)39(20-6-2)26-17-15-24(16-18-26)37(7-3)8-4/h5-6,9-11,13-18,27-31,41H,1-2,7-8,12,19-23H2,3-4H3/t27?,28-,29-,30-,31?,35?/m0/s1. The number of hydrogen-bond donors (Lipinski definition) is 1.